The molecule has 0 radical (unpaired) electrons. The van der Waals surface area contributed by atoms with E-state index in [9.17, 15) is 0 Å². The zero-order valence-electron chi connectivity index (χ0n) is 7.77. The summed E-state index contributed by atoms with van der Waals surface area (Å²) in [5, 5.41) is 5.79. The topological polar surface area (TPSA) is 60.2 Å². The van der Waals surface area contributed by atoms with Gasteiger partial charge in [0.05, 0.1) is 18.4 Å². The number of ether oxygens (including phenoxy) is 1. The van der Waals surface area contributed by atoms with E-state index >= 15 is 0 Å². The second-order valence-corrected chi connectivity index (χ2v) is 3.97. The van der Waals surface area contributed by atoms with Gasteiger partial charge in [-0.05, 0) is 6.08 Å². The fraction of sp³-hybridized carbons (Fsp3) is 0.444. The van der Waals surface area contributed by atoms with Gasteiger partial charge in [0, 0.05) is 18.5 Å². The van der Waals surface area contributed by atoms with E-state index in [1.165, 1.54) is 11.3 Å². The van der Waals surface area contributed by atoms with Crippen LogP contribution in [-0.2, 0) is 4.74 Å². The Morgan fingerprint density at radius 3 is 3.29 bits per heavy atom. The second-order valence-electron chi connectivity index (χ2n) is 3.08. The van der Waals surface area contributed by atoms with Crippen molar-refractivity contribution in [3.63, 3.8) is 0 Å². The third-order valence-electron chi connectivity index (χ3n) is 1.98. The number of hydrogen-bond donors (Lipinski definition) is 2. The number of anilines is 1. The van der Waals surface area contributed by atoms with Crippen molar-refractivity contribution in [2.24, 2.45) is 0 Å². The molecule has 0 bridgehead atoms. The van der Waals surface area contributed by atoms with Crippen LogP contribution in [0.15, 0.2) is 11.5 Å². The average molecular weight is 211 g/mol. The molecular weight excluding hydrogens is 198 g/mol. The molecule has 1 saturated heterocycles. The first-order valence-corrected chi connectivity index (χ1v) is 5.44. The molecule has 3 N–H and O–H groups in total. The number of morpholine rings is 1. The lowest BCUT2D eigenvalue weighted by atomic mass is 10.2. The molecular formula is C9H13N3OS. The number of nitrogens with two attached hydrogens (primary N) is 1. The Morgan fingerprint density at radius 1 is 1.71 bits per heavy atom. The second kappa shape index (κ2) is 4.54. The van der Waals surface area contributed by atoms with Crippen molar-refractivity contribution in [1.82, 2.24) is 10.3 Å². The van der Waals surface area contributed by atoms with Gasteiger partial charge in [-0.2, -0.15) is 0 Å². The number of aromatic nitrogens is 1. The van der Waals surface area contributed by atoms with Crippen LogP contribution in [0.3, 0.4) is 0 Å². The molecule has 14 heavy (non-hydrogen) atoms. The molecule has 76 valence electrons. The zero-order valence-corrected chi connectivity index (χ0v) is 8.59. The Labute approximate surface area is 86.8 Å². The minimum Gasteiger partial charge on any atom is -0.375 e. The van der Waals surface area contributed by atoms with E-state index in [0.717, 1.165) is 25.4 Å². The van der Waals surface area contributed by atoms with Crippen molar-refractivity contribution >= 4 is 22.5 Å². The monoisotopic (exact) mass is 211 g/mol. The van der Waals surface area contributed by atoms with Crippen LogP contribution in [0.2, 0.25) is 0 Å². The first-order chi connectivity index (χ1) is 6.84. The van der Waals surface area contributed by atoms with Gasteiger partial charge < -0.3 is 15.8 Å². The highest BCUT2D eigenvalue weighted by atomic mass is 32.1. The molecule has 1 aromatic rings. The smallest absolute Gasteiger partial charge is 0.180 e. The molecule has 0 aliphatic carbocycles. The van der Waals surface area contributed by atoms with Crippen molar-refractivity contribution in [2.75, 3.05) is 25.4 Å². The Morgan fingerprint density at radius 2 is 2.64 bits per heavy atom. The lowest BCUT2D eigenvalue weighted by molar-refractivity contribution is 0.0596. The minimum atomic E-state index is 0.159. The first kappa shape index (κ1) is 9.64. The van der Waals surface area contributed by atoms with E-state index in [0.29, 0.717) is 5.13 Å². The van der Waals surface area contributed by atoms with E-state index in [-0.39, 0.29) is 6.10 Å². The molecule has 5 heteroatoms. The summed E-state index contributed by atoms with van der Waals surface area (Å²) in [5.74, 6) is 0. The molecule has 0 saturated carbocycles. The Hall–Kier alpha value is -0.910. The van der Waals surface area contributed by atoms with Gasteiger partial charge in [0.1, 0.15) is 0 Å². The Kier molecular flexibility index (Phi) is 3.13. The molecule has 2 rings (SSSR count). The number of nitrogens with one attached hydrogen (secondary N) is 1. The minimum absolute atomic E-state index is 0.159. The summed E-state index contributed by atoms with van der Waals surface area (Å²) < 4.78 is 5.50. The molecule has 1 aliphatic heterocycles. The Bertz CT molecular complexity index is 318. The highest BCUT2D eigenvalue weighted by molar-refractivity contribution is 7.13. The molecule has 1 atom stereocenters. The van der Waals surface area contributed by atoms with Crippen LogP contribution in [0.1, 0.15) is 5.69 Å². The van der Waals surface area contributed by atoms with Crippen molar-refractivity contribution < 1.29 is 4.74 Å². The van der Waals surface area contributed by atoms with Crippen LogP contribution >= 0.6 is 11.3 Å². The molecule has 1 fully saturated rings. The molecule has 2 heterocycles. The molecule has 1 unspecified atom stereocenters. The van der Waals surface area contributed by atoms with Gasteiger partial charge in [-0.15, -0.1) is 11.3 Å². The van der Waals surface area contributed by atoms with E-state index in [4.69, 9.17) is 10.5 Å². The van der Waals surface area contributed by atoms with Gasteiger partial charge in [-0.25, -0.2) is 4.98 Å². The maximum absolute atomic E-state index is 5.52. The van der Waals surface area contributed by atoms with Crippen molar-refractivity contribution in [3.8, 4) is 0 Å². The van der Waals surface area contributed by atoms with Gasteiger partial charge in [-0.1, -0.05) is 6.08 Å². The molecule has 4 nitrogen and oxygen atoms in total. The fourth-order valence-corrected chi connectivity index (χ4v) is 1.82. The molecule has 0 aromatic carbocycles. The summed E-state index contributed by atoms with van der Waals surface area (Å²) in [7, 11) is 0. The summed E-state index contributed by atoms with van der Waals surface area (Å²) >= 11 is 1.45. The van der Waals surface area contributed by atoms with Gasteiger partial charge in [0.25, 0.3) is 0 Å². The van der Waals surface area contributed by atoms with Gasteiger partial charge in [0.15, 0.2) is 5.13 Å². The number of nitrogens with zero attached hydrogens (tertiary/aromatic N) is 1. The number of rotatable bonds is 2. The van der Waals surface area contributed by atoms with E-state index in [1.54, 1.807) is 0 Å². The van der Waals surface area contributed by atoms with Crippen LogP contribution in [0.4, 0.5) is 5.13 Å². The molecule has 1 aromatic heterocycles. The summed E-state index contributed by atoms with van der Waals surface area (Å²) in [6.07, 6.45) is 4.12. The molecule has 0 spiro atoms. The summed E-state index contributed by atoms with van der Waals surface area (Å²) in [4.78, 5) is 4.13. The summed E-state index contributed by atoms with van der Waals surface area (Å²) in [5.41, 5.74) is 6.42. The van der Waals surface area contributed by atoms with Gasteiger partial charge in [0.2, 0.25) is 0 Å². The maximum atomic E-state index is 5.52. The highest BCUT2D eigenvalue weighted by Crippen LogP contribution is 2.12. The third-order valence-corrected chi connectivity index (χ3v) is 2.67. The van der Waals surface area contributed by atoms with Crippen molar-refractivity contribution in [3.05, 3.63) is 17.2 Å². The zero-order chi connectivity index (χ0) is 9.80. The van der Waals surface area contributed by atoms with E-state index in [2.05, 4.69) is 10.3 Å². The SMILES string of the molecule is Nc1nc(C=CC2CNCCO2)cs1. The normalized spacial score (nSPS) is 23.0. The van der Waals surface area contributed by atoms with Crippen LogP contribution in [-0.4, -0.2) is 30.8 Å². The van der Waals surface area contributed by atoms with E-state index in [1.807, 2.05) is 17.5 Å². The standard InChI is InChI=1S/C9H13N3OS/c10-9-12-7(6-14-9)1-2-8-5-11-3-4-13-8/h1-2,6,8,11H,3-5H2,(H2,10,12). The van der Waals surface area contributed by atoms with Crippen molar-refractivity contribution in [1.29, 1.82) is 0 Å². The molecule has 1 aliphatic rings. The molecule has 0 amide bonds. The largest absolute Gasteiger partial charge is 0.375 e. The van der Waals surface area contributed by atoms with Crippen LogP contribution in [0, 0.1) is 0 Å². The fourth-order valence-electron chi connectivity index (χ4n) is 1.29. The number of thiazole rings is 1. The van der Waals surface area contributed by atoms with Crippen LogP contribution in [0.25, 0.3) is 6.08 Å². The quantitative estimate of drug-likeness (QED) is 0.757. The van der Waals surface area contributed by atoms with Gasteiger partial charge >= 0.3 is 0 Å². The van der Waals surface area contributed by atoms with Crippen LogP contribution < -0.4 is 11.1 Å². The lowest BCUT2D eigenvalue weighted by Crippen LogP contribution is -2.37. The predicted molar refractivity (Wildman–Crippen MR) is 58.2 cm³/mol. The van der Waals surface area contributed by atoms with Crippen LogP contribution in [0.5, 0.6) is 0 Å². The number of hydrogen-bond acceptors (Lipinski definition) is 5. The summed E-state index contributed by atoms with van der Waals surface area (Å²) in [6, 6.07) is 0. The highest BCUT2D eigenvalue weighted by Gasteiger charge is 2.09. The number of nitrogen functional groups attached to an aromatic ring is 1. The van der Waals surface area contributed by atoms with Gasteiger partial charge in [-0.3, -0.25) is 0 Å². The third kappa shape index (κ3) is 2.54. The Balaban J connectivity index is 1.92. The lowest BCUT2D eigenvalue weighted by Gasteiger charge is -2.20. The maximum Gasteiger partial charge on any atom is 0.180 e. The van der Waals surface area contributed by atoms with E-state index < -0.39 is 0 Å². The summed E-state index contributed by atoms with van der Waals surface area (Å²) in [6.45, 7) is 2.58. The predicted octanol–water partition coefficient (Wildman–Crippen LogP) is 0.727. The van der Waals surface area contributed by atoms with Crippen molar-refractivity contribution in [2.45, 2.75) is 6.10 Å². The average Bonchev–Trinajstić information content (AvgIpc) is 2.63. The first-order valence-electron chi connectivity index (χ1n) is 4.56.